The summed E-state index contributed by atoms with van der Waals surface area (Å²) in [6, 6.07) is 10.7. The topological polar surface area (TPSA) is 76.4 Å². The fourth-order valence-corrected chi connectivity index (χ4v) is 5.18. The average molecular weight is 433 g/mol. The number of carboxylic acid groups (broad SMARTS) is 1. The van der Waals surface area contributed by atoms with Crippen LogP contribution in [0.1, 0.15) is 12.1 Å². The molecule has 26 heavy (non-hydrogen) atoms. The van der Waals surface area contributed by atoms with Gasteiger partial charge in [0.25, 0.3) is 10.0 Å². The molecule has 0 saturated heterocycles. The van der Waals surface area contributed by atoms with Crippen LogP contribution in [-0.2, 0) is 21.2 Å². The maximum Gasteiger partial charge on any atom is 0.303 e. The Morgan fingerprint density at radius 2 is 1.81 bits per heavy atom. The molecule has 136 valence electrons. The Kier molecular flexibility index (Phi) is 5.21. The Bertz CT molecular complexity index is 1120. The van der Waals surface area contributed by atoms with Crippen LogP contribution in [0.15, 0.2) is 47.4 Å². The number of nitrogens with zero attached hydrogens (tertiary/aromatic N) is 1. The van der Waals surface area contributed by atoms with Crippen molar-refractivity contribution < 1.29 is 18.3 Å². The zero-order chi connectivity index (χ0) is 19.1. The van der Waals surface area contributed by atoms with E-state index in [4.69, 9.17) is 39.9 Å². The SMILES string of the molecule is O=C(O)CCc1cc2cc(Cl)ccc2n1S(=O)(=O)c1cccc(Cl)c1Cl. The van der Waals surface area contributed by atoms with Gasteiger partial charge in [-0.25, -0.2) is 12.4 Å². The van der Waals surface area contributed by atoms with E-state index in [1.807, 2.05) is 0 Å². The highest BCUT2D eigenvalue weighted by molar-refractivity contribution is 7.90. The van der Waals surface area contributed by atoms with Crippen molar-refractivity contribution in [2.75, 3.05) is 0 Å². The Balaban J connectivity index is 2.29. The van der Waals surface area contributed by atoms with Gasteiger partial charge in [-0.15, -0.1) is 0 Å². The molecule has 0 bridgehead atoms. The van der Waals surface area contributed by atoms with E-state index in [0.29, 0.717) is 21.6 Å². The summed E-state index contributed by atoms with van der Waals surface area (Å²) in [6.07, 6.45) is -0.193. The van der Waals surface area contributed by atoms with Gasteiger partial charge in [-0.05, 0) is 42.8 Å². The molecule has 0 amide bonds. The first kappa shape index (κ1) is 19.0. The second-order valence-electron chi connectivity index (χ2n) is 5.55. The molecule has 3 rings (SSSR count). The van der Waals surface area contributed by atoms with Crippen LogP contribution in [0.2, 0.25) is 15.1 Å². The Hall–Kier alpha value is -1.73. The monoisotopic (exact) mass is 431 g/mol. The number of aromatic nitrogens is 1. The van der Waals surface area contributed by atoms with Crippen LogP contribution in [0.4, 0.5) is 0 Å². The molecule has 9 heteroatoms. The van der Waals surface area contributed by atoms with Crippen molar-refractivity contribution in [3.05, 3.63) is 63.2 Å². The van der Waals surface area contributed by atoms with E-state index in [2.05, 4.69) is 0 Å². The second-order valence-corrected chi connectivity index (χ2v) is 8.53. The first-order chi connectivity index (χ1) is 12.2. The summed E-state index contributed by atoms with van der Waals surface area (Å²) in [5.74, 6) is -1.03. The average Bonchev–Trinajstić information content (AvgIpc) is 2.93. The van der Waals surface area contributed by atoms with E-state index in [1.165, 1.54) is 18.2 Å². The molecule has 1 heterocycles. The highest BCUT2D eigenvalue weighted by Gasteiger charge is 2.26. The summed E-state index contributed by atoms with van der Waals surface area (Å²) in [4.78, 5) is 10.8. The second kappa shape index (κ2) is 7.12. The molecule has 0 fully saturated rings. The lowest BCUT2D eigenvalue weighted by atomic mass is 10.2. The maximum absolute atomic E-state index is 13.3. The Labute approximate surface area is 164 Å². The van der Waals surface area contributed by atoms with Gasteiger partial charge in [0.1, 0.15) is 4.90 Å². The number of hydrogen-bond donors (Lipinski definition) is 1. The minimum Gasteiger partial charge on any atom is -0.481 e. The highest BCUT2D eigenvalue weighted by atomic mass is 35.5. The first-order valence-electron chi connectivity index (χ1n) is 7.43. The summed E-state index contributed by atoms with van der Waals surface area (Å²) in [5, 5.41) is 10.0. The fraction of sp³-hybridized carbons (Fsp3) is 0.118. The number of carboxylic acids is 1. The lowest BCUT2D eigenvalue weighted by Gasteiger charge is -2.13. The predicted molar refractivity (Wildman–Crippen MR) is 102 cm³/mol. The molecule has 3 aromatic rings. The lowest BCUT2D eigenvalue weighted by molar-refractivity contribution is -0.136. The molecular formula is C17H12Cl3NO4S. The molecule has 1 aromatic heterocycles. The fourth-order valence-electron chi connectivity index (χ4n) is 2.69. The molecule has 1 N–H and O–H groups in total. The van der Waals surface area contributed by atoms with Gasteiger partial charge in [0.2, 0.25) is 0 Å². The number of carbonyl (C=O) groups is 1. The standard InChI is InChI=1S/C17H12Cl3NO4S/c18-11-4-6-14-10(8-11)9-12(5-7-16(22)23)21(14)26(24,25)15-3-1-2-13(19)17(15)20/h1-4,6,8-9H,5,7H2,(H,22,23). The summed E-state index contributed by atoms with van der Waals surface area (Å²) in [5.41, 5.74) is 0.700. The Morgan fingerprint density at radius 1 is 1.08 bits per heavy atom. The third kappa shape index (κ3) is 3.42. The minimum atomic E-state index is -4.10. The zero-order valence-corrected chi connectivity index (χ0v) is 16.2. The van der Waals surface area contributed by atoms with E-state index in [9.17, 15) is 13.2 Å². The van der Waals surface area contributed by atoms with Gasteiger partial charge < -0.3 is 5.11 Å². The summed E-state index contributed by atoms with van der Waals surface area (Å²) in [7, 11) is -4.10. The van der Waals surface area contributed by atoms with E-state index >= 15 is 0 Å². The predicted octanol–water partition coefficient (Wildman–Crippen LogP) is 4.86. The molecule has 0 radical (unpaired) electrons. The van der Waals surface area contributed by atoms with Crippen molar-refractivity contribution in [3.63, 3.8) is 0 Å². The van der Waals surface area contributed by atoms with Crippen molar-refractivity contribution >= 4 is 61.7 Å². The van der Waals surface area contributed by atoms with E-state index in [1.54, 1.807) is 24.3 Å². The molecule has 0 atom stereocenters. The first-order valence-corrected chi connectivity index (χ1v) is 10.0. The highest BCUT2D eigenvalue weighted by Crippen LogP contribution is 2.34. The third-order valence-corrected chi connectivity index (χ3v) is 6.79. The normalized spacial score (nSPS) is 11.8. The minimum absolute atomic E-state index is 0.0268. The van der Waals surface area contributed by atoms with Crippen LogP contribution in [0, 0.1) is 0 Å². The van der Waals surface area contributed by atoms with Crippen molar-refractivity contribution in [1.82, 2.24) is 3.97 Å². The molecule has 5 nitrogen and oxygen atoms in total. The number of aryl methyl sites for hydroxylation is 1. The van der Waals surface area contributed by atoms with Crippen LogP contribution < -0.4 is 0 Å². The number of halogens is 3. The van der Waals surface area contributed by atoms with Crippen LogP contribution in [-0.4, -0.2) is 23.5 Å². The quantitative estimate of drug-likeness (QED) is 0.625. The maximum atomic E-state index is 13.3. The number of aliphatic carboxylic acids is 1. The smallest absolute Gasteiger partial charge is 0.303 e. The molecule has 0 aliphatic carbocycles. The number of benzene rings is 2. The number of hydrogen-bond acceptors (Lipinski definition) is 3. The van der Waals surface area contributed by atoms with Gasteiger partial charge in [-0.3, -0.25) is 4.79 Å². The van der Waals surface area contributed by atoms with Crippen LogP contribution >= 0.6 is 34.8 Å². The van der Waals surface area contributed by atoms with Crippen LogP contribution in [0.5, 0.6) is 0 Å². The Morgan fingerprint density at radius 3 is 2.50 bits per heavy atom. The zero-order valence-electron chi connectivity index (χ0n) is 13.1. The van der Waals surface area contributed by atoms with E-state index < -0.39 is 16.0 Å². The molecule has 2 aromatic carbocycles. The largest absolute Gasteiger partial charge is 0.481 e. The van der Waals surface area contributed by atoms with Gasteiger partial charge >= 0.3 is 5.97 Å². The molecular weight excluding hydrogens is 421 g/mol. The van der Waals surface area contributed by atoms with E-state index in [0.717, 1.165) is 3.97 Å². The van der Waals surface area contributed by atoms with Gasteiger partial charge in [-0.2, -0.15) is 0 Å². The summed E-state index contributed by atoms with van der Waals surface area (Å²) < 4.78 is 27.6. The molecule has 0 aliphatic rings. The number of fused-ring (bicyclic) bond motifs is 1. The summed E-state index contributed by atoms with van der Waals surface area (Å²) >= 11 is 18.1. The van der Waals surface area contributed by atoms with Crippen molar-refractivity contribution in [3.8, 4) is 0 Å². The molecule has 0 aliphatic heterocycles. The van der Waals surface area contributed by atoms with Gasteiger partial charge in [0.05, 0.1) is 22.0 Å². The lowest BCUT2D eigenvalue weighted by Crippen LogP contribution is -2.17. The third-order valence-electron chi connectivity index (χ3n) is 3.82. The van der Waals surface area contributed by atoms with Gasteiger partial charge in [0.15, 0.2) is 0 Å². The van der Waals surface area contributed by atoms with Crippen molar-refractivity contribution in [2.45, 2.75) is 17.7 Å². The van der Waals surface area contributed by atoms with Crippen LogP contribution in [0.25, 0.3) is 10.9 Å². The summed E-state index contributed by atoms with van der Waals surface area (Å²) in [6.45, 7) is 0. The van der Waals surface area contributed by atoms with Crippen molar-refractivity contribution in [2.24, 2.45) is 0 Å². The molecule has 0 spiro atoms. The molecule has 0 unspecified atom stereocenters. The molecule has 0 saturated carbocycles. The van der Waals surface area contributed by atoms with Crippen LogP contribution in [0.3, 0.4) is 0 Å². The van der Waals surface area contributed by atoms with E-state index in [-0.39, 0.29) is 27.8 Å². The van der Waals surface area contributed by atoms with Crippen molar-refractivity contribution in [1.29, 1.82) is 0 Å². The van der Waals surface area contributed by atoms with Gasteiger partial charge in [0, 0.05) is 16.1 Å². The number of rotatable bonds is 5. The van der Waals surface area contributed by atoms with Gasteiger partial charge in [-0.1, -0.05) is 40.9 Å².